The average Bonchev–Trinajstić information content (AvgIpc) is 3.93. The van der Waals surface area contributed by atoms with Crippen molar-refractivity contribution in [1.29, 1.82) is 0 Å². The molecule has 1 saturated carbocycles. The summed E-state index contributed by atoms with van der Waals surface area (Å²) in [5, 5.41) is 0.976. The van der Waals surface area contributed by atoms with Crippen LogP contribution in [0.5, 0.6) is 0 Å². The fourth-order valence-electron chi connectivity index (χ4n) is 11.3. The Hall–Kier alpha value is -2.56. The lowest BCUT2D eigenvalue weighted by Gasteiger charge is -2.44. The Morgan fingerprint density at radius 3 is 2.39 bits per heavy atom. The fraction of sp³-hybridized carbons (Fsp3) is 0.778. The fourth-order valence-corrected chi connectivity index (χ4v) is 12.5. The molecule has 328 valence electrons. The third-order valence-corrected chi connectivity index (χ3v) is 15.5. The summed E-state index contributed by atoms with van der Waals surface area (Å²) in [5.74, 6) is -1.04. The lowest BCUT2D eigenvalue weighted by molar-refractivity contribution is -0.314. The Kier molecular flexibility index (Phi) is 14.2. The van der Waals surface area contributed by atoms with Gasteiger partial charge in [-0.2, -0.15) is 0 Å². The van der Waals surface area contributed by atoms with Crippen LogP contribution in [0.2, 0.25) is 0 Å². The zero-order chi connectivity index (χ0) is 42.3. The summed E-state index contributed by atoms with van der Waals surface area (Å²) in [4.78, 5) is 49.4. The monoisotopic (exact) mass is 842 g/mol. The van der Waals surface area contributed by atoms with Gasteiger partial charge in [0.2, 0.25) is 5.91 Å². The number of thiazole rings is 1. The van der Waals surface area contributed by atoms with Crippen molar-refractivity contribution in [2.75, 3.05) is 28.4 Å². The number of ketones is 1. The van der Waals surface area contributed by atoms with E-state index < -0.39 is 30.7 Å². The molecule has 17 atom stereocenters. The van der Waals surface area contributed by atoms with Gasteiger partial charge in [-0.15, -0.1) is 11.3 Å². The van der Waals surface area contributed by atoms with E-state index in [1.165, 1.54) is 11.0 Å². The number of nitrogens with zero attached hydrogens (tertiary/aromatic N) is 2. The van der Waals surface area contributed by atoms with Gasteiger partial charge in [-0.05, 0) is 89.2 Å². The summed E-state index contributed by atoms with van der Waals surface area (Å²) in [6.45, 7) is 13.6. The van der Waals surface area contributed by atoms with Crippen molar-refractivity contribution in [1.82, 2.24) is 9.88 Å². The quantitative estimate of drug-likeness (QED) is 0.190. The van der Waals surface area contributed by atoms with Gasteiger partial charge in [0.05, 0.1) is 47.6 Å². The van der Waals surface area contributed by atoms with Gasteiger partial charge < -0.3 is 42.8 Å². The van der Waals surface area contributed by atoms with Crippen LogP contribution in [0.3, 0.4) is 0 Å². The smallest absolute Gasteiger partial charge is 0.306 e. The zero-order valence-corrected chi connectivity index (χ0v) is 37.2. The maximum absolute atomic E-state index is 15.0. The Balaban J connectivity index is 1.16. The SMILES string of the molecule is C=CC(=O)N(C)[C@H]1CC[C@H](O[C@H]2CCC[C@H](CC)OC(=O)C[C@@H]3C(=C[C@H]4[C@@H]5C[C@H](O[C@@H]6OC(C)[C@H](OC)C(OC)C6OC)C[C@H]5c5sc(C)nc5[C@H]43)C(=O)[C@@H]2C)OC1C. The molecule has 4 fully saturated rings. The first kappa shape index (κ1) is 44.5. The number of ether oxygens (including phenoxy) is 8. The van der Waals surface area contributed by atoms with Gasteiger partial charge in [-0.3, -0.25) is 14.4 Å². The third-order valence-electron chi connectivity index (χ3n) is 14.4. The molecule has 13 nitrogen and oxygen atoms in total. The molecule has 0 radical (unpaired) electrons. The van der Waals surface area contributed by atoms with E-state index in [1.807, 2.05) is 34.6 Å². The van der Waals surface area contributed by atoms with E-state index in [4.69, 9.17) is 42.9 Å². The van der Waals surface area contributed by atoms with Gasteiger partial charge in [-0.25, -0.2) is 4.98 Å². The number of aromatic nitrogens is 1. The van der Waals surface area contributed by atoms with Gasteiger partial charge in [0.15, 0.2) is 18.4 Å². The maximum Gasteiger partial charge on any atom is 0.306 e. The van der Waals surface area contributed by atoms with E-state index >= 15 is 4.79 Å². The van der Waals surface area contributed by atoms with E-state index in [-0.39, 0.29) is 96.3 Å². The third kappa shape index (κ3) is 8.76. The molecule has 4 unspecified atom stereocenters. The molecule has 3 aliphatic carbocycles. The molecule has 6 aliphatic rings. The number of Topliss-reactive ketones (excluding diaryl/α,β-unsaturated/α-hetero) is 1. The summed E-state index contributed by atoms with van der Waals surface area (Å²) in [6, 6.07) is -0.0995. The van der Waals surface area contributed by atoms with Crippen molar-refractivity contribution >= 4 is 29.0 Å². The number of amides is 1. The molecule has 3 aliphatic heterocycles. The van der Waals surface area contributed by atoms with Crippen molar-refractivity contribution in [2.24, 2.45) is 23.7 Å². The Bertz CT molecular complexity index is 1720. The van der Waals surface area contributed by atoms with Gasteiger partial charge >= 0.3 is 5.97 Å². The number of allylic oxidation sites excluding steroid dienone is 2. The molecular formula is C45H66N2O11S. The summed E-state index contributed by atoms with van der Waals surface area (Å²) in [6.07, 6.45) is 5.63. The molecule has 0 bridgehead atoms. The largest absolute Gasteiger partial charge is 0.462 e. The van der Waals surface area contributed by atoms with E-state index in [1.54, 1.807) is 44.6 Å². The molecule has 1 amide bonds. The number of rotatable bonds is 10. The lowest BCUT2D eigenvalue weighted by Crippen LogP contribution is -2.59. The Morgan fingerprint density at radius 1 is 0.966 bits per heavy atom. The number of carbonyl (C=O) groups excluding carboxylic acids is 3. The van der Waals surface area contributed by atoms with Crippen LogP contribution >= 0.6 is 11.3 Å². The van der Waals surface area contributed by atoms with E-state index in [2.05, 4.69) is 12.7 Å². The highest BCUT2D eigenvalue weighted by molar-refractivity contribution is 7.11. The molecular weight excluding hydrogens is 777 g/mol. The predicted octanol–water partition coefficient (Wildman–Crippen LogP) is 6.41. The van der Waals surface area contributed by atoms with Crippen LogP contribution in [0, 0.1) is 30.6 Å². The van der Waals surface area contributed by atoms with Crippen molar-refractivity contribution in [2.45, 2.75) is 172 Å². The Labute approximate surface area is 353 Å². The first-order chi connectivity index (χ1) is 28.3. The Morgan fingerprint density at radius 2 is 1.71 bits per heavy atom. The van der Waals surface area contributed by atoms with E-state index in [0.717, 1.165) is 30.0 Å². The highest BCUT2D eigenvalue weighted by Crippen LogP contribution is 2.62. The minimum Gasteiger partial charge on any atom is -0.462 e. The molecule has 0 aromatic carbocycles. The number of methoxy groups -OCH3 is 3. The van der Waals surface area contributed by atoms with Crippen LogP contribution < -0.4 is 0 Å². The van der Waals surface area contributed by atoms with Crippen molar-refractivity contribution < 1.29 is 52.3 Å². The normalized spacial score (nSPS) is 41.3. The van der Waals surface area contributed by atoms with Crippen LogP contribution in [0.4, 0.5) is 0 Å². The standard InChI is InChI=1S/C45H66N2O11S/c1-11-26-14-13-15-34(58-37-17-16-33(23(4)54-37)47(7)35(48)12-2)22(3)40(50)31-20-29-28-18-27(57-45-43(53-10)42(52-9)41(51-8)24(5)55-45)19-32(28)44-39(46-25(6)59-44)38(29)30(31)21-36(49)56-26/h12,20,22-24,26-30,32-34,37-38,41-43,45H,2,11,13-19,21H2,1,3-10H3/t22-,23?,24?,26+,27+,28+,29+,30-,32-,33+,34+,37+,38-,41+,42?,43?,45+/m1/s1. The molecule has 0 spiro atoms. The minimum absolute atomic E-state index is 0.00884. The highest BCUT2D eigenvalue weighted by Gasteiger charge is 2.57. The molecule has 7 rings (SSSR count). The van der Waals surface area contributed by atoms with Crippen molar-refractivity contribution in [3.63, 3.8) is 0 Å². The molecule has 1 aromatic rings. The average molecular weight is 843 g/mol. The summed E-state index contributed by atoms with van der Waals surface area (Å²) in [5.41, 5.74) is 1.70. The topological polar surface area (TPSA) is 141 Å². The zero-order valence-electron chi connectivity index (χ0n) is 36.3. The van der Waals surface area contributed by atoms with Crippen molar-refractivity contribution in [3.8, 4) is 0 Å². The van der Waals surface area contributed by atoms with Crippen LogP contribution in [0.25, 0.3) is 0 Å². The van der Waals surface area contributed by atoms with Crippen LogP contribution in [-0.4, -0.2) is 123 Å². The van der Waals surface area contributed by atoms with E-state index in [9.17, 15) is 9.59 Å². The van der Waals surface area contributed by atoms with Gasteiger partial charge in [0.25, 0.3) is 0 Å². The molecule has 4 heterocycles. The number of hydrogen-bond donors (Lipinski definition) is 0. The minimum atomic E-state index is -0.648. The van der Waals surface area contributed by atoms with Crippen LogP contribution in [0.15, 0.2) is 24.3 Å². The van der Waals surface area contributed by atoms with Gasteiger partial charge in [0, 0.05) is 63.3 Å². The summed E-state index contributed by atoms with van der Waals surface area (Å²) < 4.78 is 50.1. The second kappa shape index (κ2) is 18.8. The maximum atomic E-state index is 15.0. The second-order valence-corrected chi connectivity index (χ2v) is 18.9. The number of carbonyl (C=O) groups is 3. The number of cyclic esters (lactones) is 1. The summed E-state index contributed by atoms with van der Waals surface area (Å²) >= 11 is 1.73. The van der Waals surface area contributed by atoms with Gasteiger partial charge in [0.1, 0.15) is 24.4 Å². The highest BCUT2D eigenvalue weighted by atomic mass is 32.1. The molecule has 0 N–H and O–H groups in total. The van der Waals surface area contributed by atoms with Crippen molar-refractivity contribution in [3.05, 3.63) is 39.9 Å². The number of aryl methyl sites for hydroxylation is 1. The molecule has 3 saturated heterocycles. The first-order valence-electron chi connectivity index (χ1n) is 21.8. The second-order valence-electron chi connectivity index (χ2n) is 17.7. The number of esters is 1. The molecule has 1 aromatic heterocycles. The molecule has 59 heavy (non-hydrogen) atoms. The number of hydrogen-bond acceptors (Lipinski definition) is 13. The van der Waals surface area contributed by atoms with Gasteiger partial charge in [-0.1, -0.05) is 26.5 Å². The number of fused-ring (bicyclic) bond motifs is 8. The van der Waals surface area contributed by atoms with Crippen LogP contribution in [-0.2, 0) is 52.3 Å². The first-order valence-corrected chi connectivity index (χ1v) is 22.7. The predicted molar refractivity (Wildman–Crippen MR) is 220 cm³/mol. The number of likely N-dealkylation sites (N-methyl/N-ethyl adjacent to an activating group) is 1. The lowest BCUT2D eigenvalue weighted by atomic mass is 9.67. The summed E-state index contributed by atoms with van der Waals surface area (Å²) in [7, 11) is 6.72. The molecule has 14 heteroatoms. The van der Waals surface area contributed by atoms with E-state index in [0.29, 0.717) is 37.7 Å². The van der Waals surface area contributed by atoms with Crippen LogP contribution in [0.1, 0.15) is 113 Å².